The van der Waals surface area contributed by atoms with Crippen molar-refractivity contribution >= 4 is 17.8 Å². The van der Waals surface area contributed by atoms with Crippen molar-refractivity contribution in [1.82, 2.24) is 5.32 Å². The Kier molecular flexibility index (Phi) is 33.6. The third-order valence-corrected chi connectivity index (χ3v) is 8.77. The highest BCUT2D eigenvalue weighted by Gasteiger charge is 2.19. The number of carboxylic acids is 1. The van der Waals surface area contributed by atoms with Crippen LogP contribution in [0.15, 0.2) is 24.3 Å². The van der Waals surface area contributed by atoms with Crippen LogP contribution in [-0.2, 0) is 19.1 Å². The molecule has 0 heterocycles. The highest BCUT2D eigenvalue weighted by molar-refractivity contribution is 5.83. The number of carboxylic acid groups (broad SMARTS) is 1. The van der Waals surface area contributed by atoms with E-state index in [4.69, 9.17) is 10.5 Å². The zero-order valence-electron chi connectivity index (χ0n) is 30.6. The van der Waals surface area contributed by atoms with Gasteiger partial charge in [0.15, 0.2) is 0 Å². The summed E-state index contributed by atoms with van der Waals surface area (Å²) in [5.41, 5.74) is 5.47. The maximum atomic E-state index is 12.7. The van der Waals surface area contributed by atoms with Crippen LogP contribution in [0.25, 0.3) is 0 Å². The van der Waals surface area contributed by atoms with Gasteiger partial charge in [-0.25, -0.2) is 4.79 Å². The molecular weight excluding hydrogens is 588 g/mol. The number of ether oxygens (including phenoxy) is 1. The Bertz CT molecular complexity index is 797. The number of nitrogens with one attached hydrogen (secondary N) is 1. The maximum absolute atomic E-state index is 12.7. The Morgan fingerprint density at radius 2 is 1.11 bits per heavy atom. The maximum Gasteiger partial charge on any atom is 0.326 e. The minimum atomic E-state index is -1.01. The highest BCUT2D eigenvalue weighted by Crippen LogP contribution is 2.18. The Morgan fingerprint density at radius 3 is 1.68 bits per heavy atom. The largest absolute Gasteiger partial charge is 0.480 e. The molecule has 0 fully saturated rings. The lowest BCUT2D eigenvalue weighted by atomic mass is 10.0. The Morgan fingerprint density at radius 1 is 0.617 bits per heavy atom. The van der Waals surface area contributed by atoms with Crippen molar-refractivity contribution in [2.75, 3.05) is 6.54 Å². The van der Waals surface area contributed by atoms with E-state index in [2.05, 4.69) is 43.5 Å². The van der Waals surface area contributed by atoms with Crippen molar-refractivity contribution in [1.29, 1.82) is 0 Å². The Labute approximate surface area is 289 Å². The minimum absolute atomic E-state index is 0.0129. The summed E-state index contributed by atoms with van der Waals surface area (Å²) in [6.45, 7) is 4.89. The second kappa shape index (κ2) is 35.2. The topological polar surface area (TPSA) is 119 Å². The fraction of sp³-hybridized carbons (Fsp3) is 0.825. The quantitative estimate of drug-likeness (QED) is 0.0353. The molecule has 7 nitrogen and oxygen atoms in total. The zero-order chi connectivity index (χ0) is 34.6. The summed E-state index contributed by atoms with van der Waals surface area (Å²) in [4.78, 5) is 36.1. The SMILES string of the molecule is CCCCC/C=C\C/C=C\CCCCCCCC(=O)OC(CCCCCCCC)CCCCCCCC(=O)NC(CCCN)C(=O)O. The molecule has 0 aromatic rings. The van der Waals surface area contributed by atoms with Gasteiger partial charge in [-0.3, -0.25) is 9.59 Å². The monoisotopic (exact) mass is 663 g/mol. The predicted molar refractivity (Wildman–Crippen MR) is 197 cm³/mol. The standard InChI is InChI=1S/C40H74N2O5/c1-3-5-7-9-11-12-13-14-15-16-17-18-19-24-28-34-39(44)47-36(30-25-21-10-8-6-4-2)31-26-22-20-23-27-33-38(43)42-37(40(45)46)32-29-35-41/h11-12,14-15,36-37H,3-10,13,16-35,41H2,1-2H3,(H,42,43)(H,45,46)/b12-11-,15-14-. The fourth-order valence-electron chi connectivity index (χ4n) is 5.77. The van der Waals surface area contributed by atoms with E-state index in [1.54, 1.807) is 0 Å². The van der Waals surface area contributed by atoms with Crippen LogP contribution >= 0.6 is 0 Å². The number of esters is 1. The molecule has 0 saturated carbocycles. The number of carbonyl (C=O) groups is 3. The molecule has 1 amide bonds. The van der Waals surface area contributed by atoms with E-state index in [-0.39, 0.29) is 18.0 Å². The van der Waals surface area contributed by atoms with Gasteiger partial charge in [0.2, 0.25) is 5.91 Å². The molecule has 0 radical (unpaired) electrons. The third kappa shape index (κ3) is 32.2. The number of hydrogen-bond donors (Lipinski definition) is 3. The lowest BCUT2D eigenvalue weighted by Gasteiger charge is -2.18. The second-order valence-corrected chi connectivity index (χ2v) is 13.3. The average molecular weight is 663 g/mol. The average Bonchev–Trinajstić information content (AvgIpc) is 3.05. The van der Waals surface area contributed by atoms with Crippen LogP contribution in [0, 0.1) is 0 Å². The molecule has 0 aliphatic heterocycles. The van der Waals surface area contributed by atoms with Crippen molar-refractivity contribution in [2.24, 2.45) is 5.73 Å². The first kappa shape index (κ1) is 44.9. The summed E-state index contributed by atoms with van der Waals surface area (Å²) in [6.07, 6.45) is 37.9. The van der Waals surface area contributed by atoms with Gasteiger partial charge in [0.25, 0.3) is 0 Å². The van der Waals surface area contributed by atoms with Crippen LogP contribution in [0.2, 0.25) is 0 Å². The summed E-state index contributed by atoms with van der Waals surface area (Å²) in [6, 6.07) is -0.854. The predicted octanol–water partition coefficient (Wildman–Crippen LogP) is 10.5. The number of aliphatic carboxylic acids is 1. The van der Waals surface area contributed by atoms with E-state index in [1.165, 1.54) is 77.0 Å². The smallest absolute Gasteiger partial charge is 0.326 e. The number of rotatable bonds is 35. The number of carbonyl (C=O) groups excluding carboxylic acids is 2. The number of nitrogens with two attached hydrogens (primary N) is 1. The van der Waals surface area contributed by atoms with Crippen molar-refractivity contribution in [3.63, 3.8) is 0 Å². The highest BCUT2D eigenvalue weighted by atomic mass is 16.5. The molecule has 0 bridgehead atoms. The lowest BCUT2D eigenvalue weighted by molar-refractivity contribution is -0.150. The molecule has 2 unspecified atom stereocenters. The molecule has 0 saturated heterocycles. The molecule has 0 aliphatic carbocycles. The Hall–Kier alpha value is -2.15. The summed E-state index contributed by atoms with van der Waals surface area (Å²) in [5.74, 6) is -1.25. The molecule has 47 heavy (non-hydrogen) atoms. The third-order valence-electron chi connectivity index (χ3n) is 8.77. The summed E-state index contributed by atoms with van der Waals surface area (Å²) < 4.78 is 5.98. The molecule has 0 rings (SSSR count). The minimum Gasteiger partial charge on any atom is -0.480 e. The molecule has 0 aromatic heterocycles. The summed E-state index contributed by atoms with van der Waals surface area (Å²) in [7, 11) is 0. The number of allylic oxidation sites excluding steroid dienone is 4. The molecule has 0 spiro atoms. The number of amides is 1. The van der Waals surface area contributed by atoms with Crippen LogP contribution in [0.5, 0.6) is 0 Å². The van der Waals surface area contributed by atoms with Crippen molar-refractivity contribution in [3.05, 3.63) is 24.3 Å². The second-order valence-electron chi connectivity index (χ2n) is 13.3. The molecule has 4 N–H and O–H groups in total. The van der Waals surface area contributed by atoms with Crippen LogP contribution in [0.4, 0.5) is 0 Å². The molecule has 7 heteroatoms. The lowest BCUT2D eigenvalue weighted by Crippen LogP contribution is -2.40. The first-order valence-corrected chi connectivity index (χ1v) is 19.7. The van der Waals surface area contributed by atoms with E-state index in [0.717, 1.165) is 77.0 Å². The van der Waals surface area contributed by atoms with E-state index < -0.39 is 12.0 Å². The fourth-order valence-corrected chi connectivity index (χ4v) is 5.77. The van der Waals surface area contributed by atoms with Gasteiger partial charge in [-0.1, -0.05) is 122 Å². The molecular formula is C40H74N2O5. The van der Waals surface area contributed by atoms with Gasteiger partial charge in [0.1, 0.15) is 12.1 Å². The summed E-state index contributed by atoms with van der Waals surface area (Å²) >= 11 is 0. The van der Waals surface area contributed by atoms with Crippen LogP contribution in [0.1, 0.15) is 194 Å². The van der Waals surface area contributed by atoms with Crippen LogP contribution < -0.4 is 11.1 Å². The summed E-state index contributed by atoms with van der Waals surface area (Å²) in [5, 5.41) is 11.9. The van der Waals surface area contributed by atoms with Gasteiger partial charge in [-0.2, -0.15) is 0 Å². The first-order valence-electron chi connectivity index (χ1n) is 19.7. The first-order chi connectivity index (χ1) is 22.9. The normalized spacial score (nSPS) is 12.9. The van der Waals surface area contributed by atoms with Gasteiger partial charge < -0.3 is 20.9 Å². The van der Waals surface area contributed by atoms with Gasteiger partial charge in [0.05, 0.1) is 0 Å². The van der Waals surface area contributed by atoms with Crippen LogP contribution in [-0.4, -0.2) is 41.6 Å². The number of hydrogen-bond acceptors (Lipinski definition) is 5. The van der Waals surface area contributed by atoms with Gasteiger partial charge in [-0.05, 0) is 90.0 Å². The van der Waals surface area contributed by atoms with Crippen molar-refractivity contribution < 1.29 is 24.2 Å². The van der Waals surface area contributed by atoms with Crippen molar-refractivity contribution in [3.8, 4) is 0 Å². The molecule has 2 atom stereocenters. The van der Waals surface area contributed by atoms with Crippen LogP contribution in [0.3, 0.4) is 0 Å². The van der Waals surface area contributed by atoms with E-state index in [1.807, 2.05) is 0 Å². The molecule has 0 aromatic carbocycles. The zero-order valence-corrected chi connectivity index (χ0v) is 30.6. The van der Waals surface area contributed by atoms with Gasteiger partial charge >= 0.3 is 11.9 Å². The molecule has 0 aliphatic rings. The van der Waals surface area contributed by atoms with Crippen molar-refractivity contribution in [2.45, 2.75) is 206 Å². The van der Waals surface area contributed by atoms with E-state index >= 15 is 0 Å². The van der Waals surface area contributed by atoms with E-state index in [0.29, 0.717) is 32.2 Å². The van der Waals surface area contributed by atoms with E-state index in [9.17, 15) is 19.5 Å². The molecule has 274 valence electrons. The van der Waals surface area contributed by atoms with Gasteiger partial charge in [-0.15, -0.1) is 0 Å². The van der Waals surface area contributed by atoms with Gasteiger partial charge in [0, 0.05) is 12.8 Å². The number of unbranched alkanes of at least 4 members (excludes halogenated alkanes) is 17. The Balaban J connectivity index is 4.17.